The monoisotopic (exact) mass is 343 g/mol. The van der Waals surface area contributed by atoms with Crippen LogP contribution in [0.5, 0.6) is 0 Å². The van der Waals surface area contributed by atoms with Crippen LogP contribution in [0.25, 0.3) is 11.3 Å². The Hall–Kier alpha value is -2.17. The third-order valence-electron chi connectivity index (χ3n) is 3.35. The van der Waals surface area contributed by atoms with E-state index in [0.717, 1.165) is 26.7 Å². The second-order valence-corrected chi connectivity index (χ2v) is 6.73. The molecule has 0 atom stereocenters. The molecule has 0 spiro atoms. The number of nitrogens with zero attached hydrogens (tertiary/aromatic N) is 1. The first-order valence-corrected chi connectivity index (χ1v) is 8.31. The summed E-state index contributed by atoms with van der Waals surface area (Å²) in [6.45, 7) is 0. The first-order valence-electron chi connectivity index (χ1n) is 7.12. The molecule has 3 aromatic rings. The molecule has 0 aliphatic carbocycles. The largest absolute Gasteiger partial charge is 0.481 e. The molecule has 0 bridgehead atoms. The van der Waals surface area contributed by atoms with Crippen LogP contribution in [0.4, 0.5) is 0 Å². The molecule has 1 N–H and O–H groups in total. The summed E-state index contributed by atoms with van der Waals surface area (Å²) in [5.41, 5.74) is 2.76. The Balaban J connectivity index is 1.96. The standard InChI is InChI=1S/C18H14ClNO2S/c19-14-8-4-5-12(9-14)10-16-20-18(13-6-2-1-3-7-13)15(23-16)11-17(21)22/h1-9H,10-11H2,(H,21,22). The molecule has 0 amide bonds. The maximum Gasteiger partial charge on any atom is 0.308 e. The van der Waals surface area contributed by atoms with E-state index in [4.69, 9.17) is 16.7 Å². The number of aliphatic carboxylic acids is 1. The number of hydrogen-bond donors (Lipinski definition) is 1. The minimum absolute atomic E-state index is 0.0164. The minimum Gasteiger partial charge on any atom is -0.481 e. The van der Waals surface area contributed by atoms with Gasteiger partial charge in [-0.25, -0.2) is 4.98 Å². The highest BCUT2D eigenvalue weighted by Crippen LogP contribution is 2.30. The highest BCUT2D eigenvalue weighted by Gasteiger charge is 2.16. The van der Waals surface area contributed by atoms with Crippen LogP contribution in [-0.2, 0) is 17.6 Å². The number of hydrogen-bond acceptors (Lipinski definition) is 3. The molecule has 116 valence electrons. The summed E-state index contributed by atoms with van der Waals surface area (Å²) >= 11 is 7.47. The number of benzene rings is 2. The molecule has 23 heavy (non-hydrogen) atoms. The summed E-state index contributed by atoms with van der Waals surface area (Å²) in [5, 5.41) is 10.7. The molecule has 0 saturated carbocycles. The molecule has 3 nitrogen and oxygen atoms in total. The summed E-state index contributed by atoms with van der Waals surface area (Å²) < 4.78 is 0. The molecule has 0 saturated heterocycles. The van der Waals surface area contributed by atoms with E-state index in [9.17, 15) is 4.79 Å². The molecule has 3 rings (SSSR count). The van der Waals surface area contributed by atoms with Crippen molar-refractivity contribution in [2.75, 3.05) is 0 Å². The van der Waals surface area contributed by atoms with Crippen molar-refractivity contribution in [1.82, 2.24) is 4.98 Å². The Bertz CT molecular complexity index is 830. The highest BCUT2D eigenvalue weighted by molar-refractivity contribution is 7.12. The number of thiazole rings is 1. The molecule has 0 aliphatic rings. The van der Waals surface area contributed by atoms with E-state index in [1.165, 1.54) is 11.3 Å². The number of aromatic nitrogens is 1. The van der Waals surface area contributed by atoms with Crippen LogP contribution < -0.4 is 0 Å². The van der Waals surface area contributed by atoms with Crippen LogP contribution in [0, 0.1) is 0 Å². The summed E-state index contributed by atoms with van der Waals surface area (Å²) in [6, 6.07) is 17.3. The summed E-state index contributed by atoms with van der Waals surface area (Å²) in [6.07, 6.45) is 0.627. The predicted molar refractivity (Wildman–Crippen MR) is 93.1 cm³/mol. The summed E-state index contributed by atoms with van der Waals surface area (Å²) in [4.78, 5) is 16.6. The lowest BCUT2D eigenvalue weighted by Crippen LogP contribution is -1.99. The number of carboxylic acid groups (broad SMARTS) is 1. The van der Waals surface area contributed by atoms with E-state index in [1.807, 2.05) is 54.6 Å². The Morgan fingerprint density at radius 1 is 1.13 bits per heavy atom. The average molecular weight is 344 g/mol. The van der Waals surface area contributed by atoms with Crippen molar-refractivity contribution in [3.05, 3.63) is 75.1 Å². The summed E-state index contributed by atoms with van der Waals surface area (Å²) in [5.74, 6) is -0.847. The van der Waals surface area contributed by atoms with Gasteiger partial charge in [0.05, 0.1) is 17.1 Å². The normalized spacial score (nSPS) is 10.7. The number of carbonyl (C=O) groups is 1. The topological polar surface area (TPSA) is 50.2 Å². The molecule has 0 fully saturated rings. The molecule has 1 heterocycles. The van der Waals surface area contributed by atoms with Crippen molar-refractivity contribution in [2.45, 2.75) is 12.8 Å². The predicted octanol–water partition coefficient (Wildman–Crippen LogP) is 4.68. The number of halogens is 1. The van der Waals surface area contributed by atoms with Gasteiger partial charge in [-0.3, -0.25) is 4.79 Å². The molecular weight excluding hydrogens is 330 g/mol. The zero-order valence-corrected chi connectivity index (χ0v) is 13.8. The fraction of sp³-hybridized carbons (Fsp3) is 0.111. The Kier molecular flexibility index (Phi) is 4.74. The van der Waals surface area contributed by atoms with Crippen molar-refractivity contribution in [3.8, 4) is 11.3 Å². The third kappa shape index (κ3) is 3.97. The fourth-order valence-corrected chi connectivity index (χ4v) is 3.71. The van der Waals surface area contributed by atoms with Gasteiger partial charge < -0.3 is 5.11 Å². The molecule has 0 radical (unpaired) electrons. The van der Waals surface area contributed by atoms with E-state index in [-0.39, 0.29) is 6.42 Å². The van der Waals surface area contributed by atoms with Crippen LogP contribution in [0.15, 0.2) is 54.6 Å². The zero-order valence-electron chi connectivity index (χ0n) is 12.2. The zero-order chi connectivity index (χ0) is 16.2. The maximum absolute atomic E-state index is 11.1. The van der Waals surface area contributed by atoms with Gasteiger partial charge in [0.1, 0.15) is 0 Å². The van der Waals surface area contributed by atoms with Crippen LogP contribution in [0.2, 0.25) is 5.02 Å². The SMILES string of the molecule is O=C(O)Cc1sc(Cc2cccc(Cl)c2)nc1-c1ccccc1. The van der Waals surface area contributed by atoms with E-state index < -0.39 is 5.97 Å². The van der Waals surface area contributed by atoms with E-state index in [0.29, 0.717) is 11.4 Å². The van der Waals surface area contributed by atoms with Crippen LogP contribution in [-0.4, -0.2) is 16.1 Å². The van der Waals surface area contributed by atoms with E-state index in [2.05, 4.69) is 4.98 Å². The van der Waals surface area contributed by atoms with E-state index >= 15 is 0 Å². The Morgan fingerprint density at radius 2 is 1.91 bits per heavy atom. The van der Waals surface area contributed by atoms with Gasteiger partial charge in [0.2, 0.25) is 0 Å². The molecule has 2 aromatic carbocycles. The Labute approximate surface area is 143 Å². The lowest BCUT2D eigenvalue weighted by Gasteiger charge is -1.99. The molecule has 0 unspecified atom stereocenters. The fourth-order valence-electron chi connectivity index (χ4n) is 2.38. The van der Waals surface area contributed by atoms with Crippen molar-refractivity contribution < 1.29 is 9.90 Å². The quantitative estimate of drug-likeness (QED) is 0.731. The first kappa shape index (κ1) is 15.7. The van der Waals surface area contributed by atoms with E-state index in [1.54, 1.807) is 0 Å². The molecule has 1 aromatic heterocycles. The van der Waals surface area contributed by atoms with Crippen LogP contribution >= 0.6 is 22.9 Å². The first-order chi connectivity index (χ1) is 11.1. The van der Waals surface area contributed by atoms with Gasteiger partial charge in [-0.15, -0.1) is 11.3 Å². The van der Waals surface area contributed by atoms with Crippen molar-refractivity contribution >= 4 is 28.9 Å². The van der Waals surface area contributed by atoms with Gasteiger partial charge in [-0.05, 0) is 17.7 Å². The maximum atomic E-state index is 11.1. The van der Waals surface area contributed by atoms with Crippen LogP contribution in [0.3, 0.4) is 0 Å². The Morgan fingerprint density at radius 3 is 2.61 bits per heavy atom. The van der Waals surface area contributed by atoms with Gasteiger partial charge in [-0.1, -0.05) is 54.1 Å². The lowest BCUT2D eigenvalue weighted by molar-refractivity contribution is -0.136. The average Bonchev–Trinajstić information content (AvgIpc) is 2.90. The number of carboxylic acids is 1. The molecular formula is C18H14ClNO2S. The lowest BCUT2D eigenvalue weighted by atomic mass is 10.1. The van der Waals surface area contributed by atoms with Gasteiger partial charge in [0.25, 0.3) is 0 Å². The van der Waals surface area contributed by atoms with Crippen LogP contribution in [0.1, 0.15) is 15.4 Å². The smallest absolute Gasteiger partial charge is 0.308 e. The van der Waals surface area contributed by atoms with Crippen molar-refractivity contribution in [3.63, 3.8) is 0 Å². The summed E-state index contributed by atoms with van der Waals surface area (Å²) in [7, 11) is 0. The van der Waals surface area contributed by atoms with Gasteiger partial charge in [0, 0.05) is 21.9 Å². The minimum atomic E-state index is -0.847. The number of rotatable bonds is 5. The van der Waals surface area contributed by atoms with Crippen molar-refractivity contribution in [1.29, 1.82) is 0 Å². The van der Waals surface area contributed by atoms with Crippen molar-refractivity contribution in [2.24, 2.45) is 0 Å². The second kappa shape index (κ2) is 6.94. The van der Waals surface area contributed by atoms with Gasteiger partial charge >= 0.3 is 5.97 Å². The molecule has 0 aliphatic heterocycles. The second-order valence-electron chi connectivity index (χ2n) is 5.12. The molecule has 5 heteroatoms. The van der Waals surface area contributed by atoms with Gasteiger partial charge in [0.15, 0.2) is 0 Å². The highest BCUT2D eigenvalue weighted by atomic mass is 35.5. The van der Waals surface area contributed by atoms with Gasteiger partial charge in [-0.2, -0.15) is 0 Å². The third-order valence-corrected chi connectivity index (χ3v) is 4.64.